The van der Waals surface area contributed by atoms with E-state index in [4.69, 9.17) is 9.16 Å². The molecule has 214 valence electrons. The Labute approximate surface area is 237 Å². The zero-order chi connectivity index (χ0) is 28.5. The number of hydrogen-bond donors (Lipinski definition) is 0. The zero-order valence-corrected chi connectivity index (χ0v) is 26.7. The average Bonchev–Trinajstić information content (AvgIpc) is 3.43. The molecule has 1 heterocycles. The van der Waals surface area contributed by atoms with Crippen LogP contribution in [0.5, 0.6) is 5.75 Å². The molecule has 1 aliphatic carbocycles. The number of carbonyl (C=O) groups excluding carboxylic acids is 1. The summed E-state index contributed by atoms with van der Waals surface area (Å²) in [5.74, 6) is 0.898. The van der Waals surface area contributed by atoms with Crippen LogP contribution in [0.2, 0.25) is 5.04 Å². The SMILES string of the molecule is COc1ccc(C2(C(=O)N3CCC(c4ccccc4)(S(=O)(=O)C(C)(C)O[SiH2]C(C)(C)C)CC3)CCCC2)cc1. The Bertz CT molecular complexity index is 1240. The van der Waals surface area contributed by atoms with Gasteiger partial charge in [-0.2, -0.15) is 0 Å². The number of hydrogen-bond acceptors (Lipinski definition) is 5. The van der Waals surface area contributed by atoms with Crippen LogP contribution in [0.25, 0.3) is 0 Å². The minimum atomic E-state index is -3.78. The van der Waals surface area contributed by atoms with Crippen molar-refractivity contribution in [1.29, 1.82) is 0 Å². The van der Waals surface area contributed by atoms with Crippen LogP contribution in [-0.2, 0) is 29.2 Å². The van der Waals surface area contributed by atoms with E-state index < -0.39 is 34.7 Å². The van der Waals surface area contributed by atoms with Crippen molar-refractivity contribution in [2.75, 3.05) is 20.2 Å². The van der Waals surface area contributed by atoms with Gasteiger partial charge in [-0.05, 0) is 67.8 Å². The summed E-state index contributed by atoms with van der Waals surface area (Å²) < 4.78 is 39.5. The van der Waals surface area contributed by atoms with E-state index in [9.17, 15) is 13.2 Å². The van der Waals surface area contributed by atoms with Gasteiger partial charge in [-0.15, -0.1) is 0 Å². The number of amides is 1. The number of ether oxygens (including phenoxy) is 1. The van der Waals surface area contributed by atoms with Crippen LogP contribution < -0.4 is 4.74 Å². The minimum absolute atomic E-state index is 0.0282. The first-order chi connectivity index (χ1) is 18.3. The summed E-state index contributed by atoms with van der Waals surface area (Å²) in [6.45, 7) is 10.5. The summed E-state index contributed by atoms with van der Waals surface area (Å²) in [5.41, 5.74) is 1.26. The molecule has 6 nitrogen and oxygen atoms in total. The lowest BCUT2D eigenvalue weighted by Crippen LogP contribution is -2.57. The molecule has 4 rings (SSSR count). The smallest absolute Gasteiger partial charge is 0.233 e. The second-order valence-corrected chi connectivity index (χ2v) is 18.4. The molecule has 0 radical (unpaired) electrons. The Morgan fingerprint density at radius 1 is 0.846 bits per heavy atom. The quantitative estimate of drug-likeness (QED) is 0.392. The van der Waals surface area contributed by atoms with Gasteiger partial charge in [-0.1, -0.05) is 76.1 Å². The van der Waals surface area contributed by atoms with E-state index in [0.29, 0.717) is 25.9 Å². The van der Waals surface area contributed by atoms with E-state index in [1.165, 1.54) is 0 Å². The van der Waals surface area contributed by atoms with Crippen LogP contribution in [-0.4, -0.2) is 54.1 Å². The molecule has 1 aliphatic heterocycles. The molecule has 2 fully saturated rings. The van der Waals surface area contributed by atoms with Crippen LogP contribution in [0.1, 0.15) is 84.3 Å². The number of nitrogens with zero attached hydrogens (tertiary/aromatic N) is 1. The summed E-state index contributed by atoms with van der Waals surface area (Å²) in [6.07, 6.45) is 4.36. The van der Waals surface area contributed by atoms with Gasteiger partial charge in [-0.25, -0.2) is 8.42 Å². The van der Waals surface area contributed by atoms with Crippen molar-refractivity contribution in [3.05, 3.63) is 65.7 Å². The Hall–Kier alpha value is -2.16. The Kier molecular flexibility index (Phi) is 8.42. The van der Waals surface area contributed by atoms with Crippen molar-refractivity contribution in [2.45, 2.75) is 93.3 Å². The third kappa shape index (κ3) is 5.57. The fourth-order valence-corrected chi connectivity index (χ4v) is 9.97. The van der Waals surface area contributed by atoms with Crippen molar-refractivity contribution in [3.8, 4) is 5.75 Å². The van der Waals surface area contributed by atoms with Gasteiger partial charge in [0, 0.05) is 13.1 Å². The van der Waals surface area contributed by atoms with Crippen LogP contribution in [0.15, 0.2) is 54.6 Å². The number of piperidine rings is 1. The topological polar surface area (TPSA) is 72.9 Å². The normalized spacial score (nSPS) is 19.9. The van der Waals surface area contributed by atoms with Crippen LogP contribution in [0, 0.1) is 0 Å². The number of benzene rings is 2. The van der Waals surface area contributed by atoms with Gasteiger partial charge in [0.05, 0.1) is 12.5 Å². The molecule has 1 amide bonds. The maximum atomic E-state index is 14.5. The van der Waals surface area contributed by atoms with Gasteiger partial charge in [0.15, 0.2) is 24.5 Å². The van der Waals surface area contributed by atoms with Gasteiger partial charge >= 0.3 is 0 Å². The van der Waals surface area contributed by atoms with Crippen molar-refractivity contribution in [1.82, 2.24) is 4.90 Å². The summed E-state index contributed by atoms with van der Waals surface area (Å²) in [6, 6.07) is 17.4. The number of likely N-dealkylation sites (tertiary alicyclic amines) is 1. The molecule has 0 spiro atoms. The van der Waals surface area contributed by atoms with E-state index in [1.54, 1.807) is 21.0 Å². The van der Waals surface area contributed by atoms with Gasteiger partial charge in [0.25, 0.3) is 0 Å². The van der Waals surface area contributed by atoms with Gasteiger partial charge in [-0.3, -0.25) is 4.79 Å². The van der Waals surface area contributed by atoms with Crippen molar-refractivity contribution < 1.29 is 22.4 Å². The number of rotatable bonds is 8. The highest BCUT2D eigenvalue weighted by Gasteiger charge is 2.56. The first kappa shape index (κ1) is 29.8. The van der Waals surface area contributed by atoms with Crippen LogP contribution in [0.3, 0.4) is 0 Å². The molecular formula is C31H45NO5SSi. The third-order valence-electron chi connectivity index (χ3n) is 8.68. The molecule has 0 aromatic heterocycles. The predicted molar refractivity (Wildman–Crippen MR) is 159 cm³/mol. The monoisotopic (exact) mass is 571 g/mol. The first-order valence-corrected chi connectivity index (χ1v) is 16.9. The first-order valence-electron chi connectivity index (χ1n) is 14.2. The fraction of sp³-hybridized carbons (Fsp3) is 0.581. The van der Waals surface area contributed by atoms with Gasteiger partial charge in [0.2, 0.25) is 5.91 Å². The standard InChI is InChI=1S/C31H45NO5SSi/c1-28(2,3)39-37-29(4,5)38(34,35)31(25-12-8-7-9-13-25)20-22-32(23-21-31)27(33)30(18-10-11-19-30)24-14-16-26(36-6)17-15-24/h7-9,12-17H,10-11,18-23,39H2,1-6H3. The number of sulfone groups is 1. The zero-order valence-electron chi connectivity index (χ0n) is 24.5. The summed E-state index contributed by atoms with van der Waals surface area (Å²) in [4.78, 5) is 14.8. The van der Waals surface area contributed by atoms with Crippen LogP contribution in [0.4, 0.5) is 0 Å². The molecular weight excluding hydrogens is 526 g/mol. The molecule has 0 N–H and O–H groups in total. The summed E-state index contributed by atoms with van der Waals surface area (Å²) >= 11 is 0. The highest BCUT2D eigenvalue weighted by atomic mass is 32.2. The highest BCUT2D eigenvalue weighted by molar-refractivity contribution is 7.93. The summed E-state index contributed by atoms with van der Waals surface area (Å²) in [7, 11) is -3.24. The van der Waals surface area contributed by atoms with E-state index in [-0.39, 0.29) is 10.9 Å². The summed E-state index contributed by atoms with van der Waals surface area (Å²) in [5, 5.41) is -0.0282. The number of carbonyl (C=O) groups is 1. The van der Waals surface area contributed by atoms with E-state index >= 15 is 0 Å². The fourth-order valence-electron chi connectivity index (χ4n) is 6.28. The minimum Gasteiger partial charge on any atom is -0.497 e. The largest absolute Gasteiger partial charge is 0.497 e. The molecule has 0 bridgehead atoms. The average molecular weight is 572 g/mol. The van der Waals surface area contributed by atoms with Crippen LogP contribution >= 0.6 is 0 Å². The lowest BCUT2D eigenvalue weighted by Gasteiger charge is -2.47. The third-order valence-corrected chi connectivity index (χ3v) is 13.7. The van der Waals surface area contributed by atoms with Crippen molar-refractivity contribution in [3.63, 3.8) is 0 Å². The molecule has 39 heavy (non-hydrogen) atoms. The molecule has 1 saturated carbocycles. The molecule has 0 unspecified atom stereocenters. The van der Waals surface area contributed by atoms with Gasteiger partial charge in [0.1, 0.15) is 10.5 Å². The maximum Gasteiger partial charge on any atom is 0.233 e. The lowest BCUT2D eigenvalue weighted by atomic mass is 9.76. The Morgan fingerprint density at radius 2 is 1.41 bits per heavy atom. The van der Waals surface area contributed by atoms with E-state index in [0.717, 1.165) is 42.6 Å². The highest BCUT2D eigenvalue weighted by Crippen LogP contribution is 2.48. The van der Waals surface area contributed by atoms with Gasteiger partial charge < -0.3 is 14.1 Å². The van der Waals surface area contributed by atoms with Crippen molar-refractivity contribution in [2.24, 2.45) is 0 Å². The predicted octanol–water partition coefficient (Wildman–Crippen LogP) is 5.49. The molecule has 0 atom stereocenters. The Morgan fingerprint density at radius 3 is 1.92 bits per heavy atom. The lowest BCUT2D eigenvalue weighted by molar-refractivity contribution is -0.138. The Balaban J connectivity index is 1.64. The van der Waals surface area contributed by atoms with E-state index in [2.05, 4.69) is 20.8 Å². The maximum absolute atomic E-state index is 14.5. The molecule has 8 heteroatoms. The molecule has 1 saturated heterocycles. The van der Waals surface area contributed by atoms with E-state index in [1.807, 2.05) is 59.5 Å². The second kappa shape index (κ2) is 11.0. The van der Waals surface area contributed by atoms with Crippen molar-refractivity contribution >= 4 is 25.5 Å². The molecule has 2 aliphatic rings. The molecule has 2 aromatic rings. The molecule has 2 aromatic carbocycles. The second-order valence-electron chi connectivity index (χ2n) is 12.9. The number of methoxy groups -OCH3 is 1.